The van der Waals surface area contributed by atoms with Gasteiger partial charge < -0.3 is 10.6 Å². The number of amides is 3. The van der Waals surface area contributed by atoms with Gasteiger partial charge in [-0.3, -0.25) is 9.69 Å². The largest absolute Gasteiger partial charge is 0.398 e. The number of primary amides is 1. The van der Waals surface area contributed by atoms with Crippen LogP contribution in [0.2, 0.25) is 0 Å². The van der Waals surface area contributed by atoms with Gasteiger partial charge in [0, 0.05) is 7.05 Å². The average molecular weight is 184 g/mol. The molecule has 7 heteroatoms. The number of oxime groups is 1. The molecule has 0 heterocycles. The van der Waals surface area contributed by atoms with E-state index in [1.165, 1.54) is 13.2 Å². The number of hydrogen-bond acceptors (Lipinski definition) is 5. The van der Waals surface area contributed by atoms with Gasteiger partial charge in [0.2, 0.25) is 5.71 Å². The lowest BCUT2D eigenvalue weighted by molar-refractivity contribution is -0.120. The number of rotatable bonds is 2. The Morgan fingerprint density at radius 2 is 2.15 bits per heavy atom. The summed E-state index contributed by atoms with van der Waals surface area (Å²) >= 11 is 0. The van der Waals surface area contributed by atoms with Crippen molar-refractivity contribution in [2.24, 2.45) is 10.9 Å². The molecule has 70 valence electrons. The van der Waals surface area contributed by atoms with Crippen LogP contribution in [-0.2, 0) is 9.63 Å². The van der Waals surface area contributed by atoms with Crippen LogP contribution in [0.15, 0.2) is 5.16 Å². The molecule has 0 radical (unpaired) electrons. The highest BCUT2D eigenvalue weighted by Gasteiger charge is 2.20. The van der Waals surface area contributed by atoms with Crippen LogP contribution in [0.25, 0.3) is 0 Å². The highest BCUT2D eigenvalue weighted by Crippen LogP contribution is 1.88. The van der Waals surface area contributed by atoms with E-state index in [9.17, 15) is 9.59 Å². The highest BCUT2D eigenvalue weighted by atomic mass is 16.6. The van der Waals surface area contributed by atoms with E-state index in [0.29, 0.717) is 4.90 Å². The summed E-state index contributed by atoms with van der Waals surface area (Å²) < 4.78 is 0. The Hall–Kier alpha value is -2.10. The zero-order chi connectivity index (χ0) is 10.4. The SMILES string of the molecule is CON=C(C#N)C(=O)N(C)C(N)=O. The smallest absolute Gasteiger partial charge is 0.321 e. The Balaban J connectivity index is 4.69. The first kappa shape index (κ1) is 10.9. The van der Waals surface area contributed by atoms with E-state index < -0.39 is 17.6 Å². The Labute approximate surface area is 74.3 Å². The lowest BCUT2D eigenvalue weighted by atomic mass is 10.4. The highest BCUT2D eigenvalue weighted by molar-refractivity contribution is 6.46. The molecule has 3 amide bonds. The van der Waals surface area contributed by atoms with Crippen molar-refractivity contribution in [3.63, 3.8) is 0 Å². The topological polar surface area (TPSA) is 109 Å². The predicted octanol–water partition coefficient (Wildman–Crippen LogP) is -0.951. The summed E-state index contributed by atoms with van der Waals surface area (Å²) in [5, 5.41) is 11.5. The average Bonchev–Trinajstić information content (AvgIpc) is 2.11. The maximum absolute atomic E-state index is 11.1. The van der Waals surface area contributed by atoms with Gasteiger partial charge in [-0.05, 0) is 0 Å². The fourth-order valence-corrected chi connectivity index (χ4v) is 0.458. The van der Waals surface area contributed by atoms with Crippen LogP contribution in [-0.4, -0.2) is 36.7 Å². The third kappa shape index (κ3) is 2.78. The van der Waals surface area contributed by atoms with Crippen LogP contribution >= 0.6 is 0 Å². The fourth-order valence-electron chi connectivity index (χ4n) is 0.458. The standard InChI is InChI=1S/C6H8N4O3/c1-10(6(8)12)5(11)4(3-7)9-13-2/h1-2H3,(H2,8,12). The van der Waals surface area contributed by atoms with Crippen molar-refractivity contribution in [2.45, 2.75) is 0 Å². The molecule has 0 aromatic rings. The van der Waals surface area contributed by atoms with Gasteiger partial charge >= 0.3 is 6.03 Å². The molecule has 7 nitrogen and oxygen atoms in total. The third-order valence-electron chi connectivity index (χ3n) is 1.13. The number of nitrogens with zero attached hydrogens (tertiary/aromatic N) is 3. The first-order chi connectivity index (χ1) is 6.04. The molecule has 0 saturated carbocycles. The second-order valence-corrected chi connectivity index (χ2v) is 1.94. The second-order valence-electron chi connectivity index (χ2n) is 1.94. The number of carbonyl (C=O) groups excluding carboxylic acids is 2. The predicted molar refractivity (Wildman–Crippen MR) is 42.4 cm³/mol. The summed E-state index contributed by atoms with van der Waals surface area (Å²) in [4.78, 5) is 26.4. The molecule has 0 aromatic carbocycles. The van der Waals surface area contributed by atoms with Crippen molar-refractivity contribution in [1.29, 1.82) is 5.26 Å². The molecule has 2 N–H and O–H groups in total. The van der Waals surface area contributed by atoms with Gasteiger partial charge in [0.15, 0.2) is 0 Å². The van der Waals surface area contributed by atoms with E-state index in [1.807, 2.05) is 0 Å². The van der Waals surface area contributed by atoms with E-state index in [2.05, 4.69) is 9.99 Å². The van der Waals surface area contributed by atoms with Gasteiger partial charge in [-0.2, -0.15) is 5.26 Å². The summed E-state index contributed by atoms with van der Waals surface area (Å²) in [5.41, 5.74) is 4.25. The summed E-state index contributed by atoms with van der Waals surface area (Å²) in [6.45, 7) is 0. The monoisotopic (exact) mass is 184 g/mol. The van der Waals surface area contributed by atoms with E-state index in [4.69, 9.17) is 11.0 Å². The number of imide groups is 1. The number of carbonyl (C=O) groups is 2. The van der Waals surface area contributed by atoms with Crippen LogP contribution in [0.1, 0.15) is 0 Å². The van der Waals surface area contributed by atoms with Gasteiger partial charge in [-0.1, -0.05) is 5.16 Å². The normalized spacial score (nSPS) is 10.1. The van der Waals surface area contributed by atoms with Crippen LogP contribution in [0.4, 0.5) is 4.79 Å². The first-order valence-electron chi connectivity index (χ1n) is 3.13. The molecule has 0 bridgehead atoms. The lowest BCUT2D eigenvalue weighted by Crippen LogP contribution is -2.41. The Morgan fingerprint density at radius 3 is 2.46 bits per heavy atom. The zero-order valence-electron chi connectivity index (χ0n) is 7.14. The van der Waals surface area contributed by atoms with Crippen molar-refractivity contribution < 1.29 is 14.4 Å². The van der Waals surface area contributed by atoms with Crippen LogP contribution in [0.5, 0.6) is 0 Å². The lowest BCUT2D eigenvalue weighted by Gasteiger charge is -2.09. The maximum Gasteiger partial charge on any atom is 0.321 e. The summed E-state index contributed by atoms with van der Waals surface area (Å²) in [6.07, 6.45) is 0. The summed E-state index contributed by atoms with van der Waals surface area (Å²) in [6, 6.07) is 0.496. The molecule has 0 aliphatic carbocycles. The third-order valence-corrected chi connectivity index (χ3v) is 1.13. The van der Waals surface area contributed by atoms with Crippen molar-refractivity contribution in [3.8, 4) is 6.07 Å². The number of nitriles is 1. The van der Waals surface area contributed by atoms with E-state index in [-0.39, 0.29) is 0 Å². The van der Waals surface area contributed by atoms with Gasteiger partial charge in [-0.15, -0.1) is 0 Å². The Kier molecular flexibility index (Phi) is 3.95. The van der Waals surface area contributed by atoms with Crippen molar-refractivity contribution in [3.05, 3.63) is 0 Å². The Bertz CT molecular complexity index is 291. The molecule has 0 fully saturated rings. The Morgan fingerprint density at radius 1 is 1.62 bits per heavy atom. The van der Waals surface area contributed by atoms with Gasteiger partial charge in [-0.25, -0.2) is 4.79 Å². The van der Waals surface area contributed by atoms with Gasteiger partial charge in [0.25, 0.3) is 5.91 Å². The zero-order valence-corrected chi connectivity index (χ0v) is 7.14. The molecule has 0 saturated heterocycles. The van der Waals surface area contributed by atoms with Crippen molar-refractivity contribution in [2.75, 3.05) is 14.2 Å². The molecular weight excluding hydrogens is 176 g/mol. The molecule has 13 heavy (non-hydrogen) atoms. The van der Waals surface area contributed by atoms with E-state index in [1.54, 1.807) is 0 Å². The minimum Gasteiger partial charge on any atom is -0.398 e. The molecule has 0 aromatic heterocycles. The number of hydrogen-bond donors (Lipinski definition) is 1. The maximum atomic E-state index is 11.1. The molecule has 0 atom stereocenters. The van der Waals surface area contributed by atoms with Crippen molar-refractivity contribution in [1.82, 2.24) is 4.90 Å². The quantitative estimate of drug-likeness (QED) is 0.440. The number of urea groups is 1. The molecule has 0 spiro atoms. The summed E-state index contributed by atoms with van der Waals surface area (Å²) in [5.74, 6) is -0.906. The van der Waals surface area contributed by atoms with Crippen LogP contribution in [0.3, 0.4) is 0 Å². The minimum atomic E-state index is -0.968. The molecular formula is C6H8N4O3. The van der Waals surface area contributed by atoms with Gasteiger partial charge in [0.05, 0.1) is 0 Å². The molecule has 0 rings (SSSR count). The molecule has 0 aliphatic heterocycles. The number of nitrogens with two attached hydrogens (primary N) is 1. The summed E-state index contributed by atoms with van der Waals surface area (Å²) in [7, 11) is 2.31. The van der Waals surface area contributed by atoms with Crippen LogP contribution < -0.4 is 5.73 Å². The van der Waals surface area contributed by atoms with E-state index >= 15 is 0 Å². The first-order valence-corrected chi connectivity index (χ1v) is 3.13. The molecule has 0 unspecified atom stereocenters. The van der Waals surface area contributed by atoms with E-state index in [0.717, 1.165) is 7.05 Å². The van der Waals surface area contributed by atoms with Gasteiger partial charge in [0.1, 0.15) is 13.2 Å². The fraction of sp³-hybridized carbons (Fsp3) is 0.333. The minimum absolute atomic E-state index is 0.538. The molecule has 0 aliphatic rings. The van der Waals surface area contributed by atoms with Crippen molar-refractivity contribution >= 4 is 17.6 Å². The van der Waals surface area contributed by atoms with Crippen LogP contribution in [0, 0.1) is 11.3 Å². The second kappa shape index (κ2) is 4.71.